The van der Waals surface area contributed by atoms with E-state index >= 15 is 0 Å². The number of likely N-dealkylation sites (tertiary alicyclic amines) is 1. The zero-order valence-corrected chi connectivity index (χ0v) is 8.48. The molecule has 0 radical (unpaired) electrons. The van der Waals surface area contributed by atoms with Crippen LogP contribution in [0, 0.1) is 0 Å². The Hall–Kier alpha value is -1.31. The molecule has 0 aromatic carbocycles. The lowest BCUT2D eigenvalue weighted by atomic mass is 10.3. The van der Waals surface area contributed by atoms with Crippen molar-refractivity contribution >= 4 is 5.91 Å². The molecular formula is C12H17NO. The molecular weight excluding hydrogens is 174 g/mol. The van der Waals surface area contributed by atoms with Gasteiger partial charge < -0.3 is 4.90 Å². The van der Waals surface area contributed by atoms with Gasteiger partial charge in [-0.2, -0.15) is 0 Å². The van der Waals surface area contributed by atoms with Crippen LogP contribution in [-0.4, -0.2) is 23.9 Å². The Morgan fingerprint density at radius 1 is 1.29 bits per heavy atom. The number of carbonyl (C=O) groups is 1. The number of amides is 1. The molecule has 0 atom stereocenters. The van der Waals surface area contributed by atoms with Crippen molar-refractivity contribution in [1.29, 1.82) is 0 Å². The lowest BCUT2D eigenvalue weighted by Gasteiger charge is -2.11. The van der Waals surface area contributed by atoms with Crippen molar-refractivity contribution in [3.05, 3.63) is 37.0 Å². The molecule has 14 heavy (non-hydrogen) atoms. The quantitative estimate of drug-likeness (QED) is 0.379. The first-order valence-electron chi connectivity index (χ1n) is 5.07. The van der Waals surface area contributed by atoms with Gasteiger partial charge in [-0.25, -0.2) is 0 Å². The molecule has 1 aliphatic heterocycles. The Morgan fingerprint density at radius 2 is 2.00 bits per heavy atom. The minimum Gasteiger partial charge on any atom is -0.339 e. The topological polar surface area (TPSA) is 20.3 Å². The maximum atomic E-state index is 11.5. The van der Waals surface area contributed by atoms with Crippen molar-refractivity contribution in [3.8, 4) is 0 Å². The number of rotatable bonds is 4. The zero-order chi connectivity index (χ0) is 10.2. The molecule has 0 N–H and O–H groups in total. The molecule has 1 saturated heterocycles. The van der Waals surface area contributed by atoms with Gasteiger partial charge in [0.1, 0.15) is 0 Å². The Kier molecular flexibility index (Phi) is 4.76. The molecule has 1 fully saturated rings. The fourth-order valence-electron chi connectivity index (χ4n) is 1.43. The molecule has 0 aromatic heterocycles. The molecule has 2 heteroatoms. The number of nitrogens with zero attached hydrogens (tertiary/aromatic N) is 1. The Bertz CT molecular complexity index is 247. The van der Waals surface area contributed by atoms with Gasteiger partial charge in [-0.3, -0.25) is 4.79 Å². The van der Waals surface area contributed by atoms with Crippen LogP contribution in [0.15, 0.2) is 37.0 Å². The normalized spacial score (nSPS) is 17.0. The first-order chi connectivity index (χ1) is 6.84. The van der Waals surface area contributed by atoms with Crippen molar-refractivity contribution in [1.82, 2.24) is 4.90 Å². The smallest absolute Gasteiger partial charge is 0.246 e. The summed E-state index contributed by atoms with van der Waals surface area (Å²) in [5, 5.41) is 0. The monoisotopic (exact) mass is 191 g/mol. The molecule has 0 unspecified atom stereocenters. The SMILES string of the molecule is C=CC/C=C/C=C/C(=O)N1CCCC1. The van der Waals surface area contributed by atoms with Gasteiger partial charge in [-0.15, -0.1) is 6.58 Å². The van der Waals surface area contributed by atoms with Crippen molar-refractivity contribution < 1.29 is 4.79 Å². The van der Waals surface area contributed by atoms with Gasteiger partial charge in [-0.05, 0) is 19.3 Å². The summed E-state index contributed by atoms with van der Waals surface area (Å²) in [7, 11) is 0. The summed E-state index contributed by atoms with van der Waals surface area (Å²) in [6.07, 6.45) is 12.2. The molecule has 2 nitrogen and oxygen atoms in total. The molecule has 0 aliphatic carbocycles. The number of allylic oxidation sites excluding steroid dienone is 4. The van der Waals surface area contributed by atoms with Gasteiger partial charge in [0.25, 0.3) is 0 Å². The van der Waals surface area contributed by atoms with Crippen LogP contribution >= 0.6 is 0 Å². The van der Waals surface area contributed by atoms with E-state index in [1.807, 2.05) is 23.1 Å². The first kappa shape index (κ1) is 10.8. The highest BCUT2D eigenvalue weighted by atomic mass is 16.2. The van der Waals surface area contributed by atoms with Gasteiger partial charge in [0, 0.05) is 19.2 Å². The summed E-state index contributed by atoms with van der Waals surface area (Å²) >= 11 is 0. The predicted molar refractivity (Wildman–Crippen MR) is 58.9 cm³/mol. The minimum atomic E-state index is 0.130. The maximum Gasteiger partial charge on any atom is 0.246 e. The molecule has 76 valence electrons. The zero-order valence-electron chi connectivity index (χ0n) is 8.48. The minimum absolute atomic E-state index is 0.130. The van der Waals surface area contributed by atoms with E-state index in [9.17, 15) is 4.79 Å². The highest BCUT2D eigenvalue weighted by Gasteiger charge is 2.14. The van der Waals surface area contributed by atoms with E-state index in [1.54, 1.807) is 12.2 Å². The van der Waals surface area contributed by atoms with E-state index in [1.165, 1.54) is 0 Å². The predicted octanol–water partition coefficient (Wildman–Crippen LogP) is 2.30. The van der Waals surface area contributed by atoms with E-state index in [4.69, 9.17) is 0 Å². The Balaban J connectivity index is 2.28. The largest absolute Gasteiger partial charge is 0.339 e. The van der Waals surface area contributed by atoms with Crippen molar-refractivity contribution in [2.45, 2.75) is 19.3 Å². The molecule has 0 bridgehead atoms. The summed E-state index contributed by atoms with van der Waals surface area (Å²) in [5.74, 6) is 0.130. The van der Waals surface area contributed by atoms with Gasteiger partial charge in [0.2, 0.25) is 5.91 Å². The molecule has 0 aromatic rings. The molecule has 1 amide bonds. The summed E-state index contributed by atoms with van der Waals surface area (Å²) in [6, 6.07) is 0. The number of hydrogen-bond donors (Lipinski definition) is 0. The summed E-state index contributed by atoms with van der Waals surface area (Å²) in [5.41, 5.74) is 0. The van der Waals surface area contributed by atoms with Crippen LogP contribution in [0.5, 0.6) is 0 Å². The number of carbonyl (C=O) groups excluding carboxylic acids is 1. The Labute approximate surface area is 85.6 Å². The third-order valence-electron chi connectivity index (χ3n) is 2.21. The maximum absolute atomic E-state index is 11.5. The van der Waals surface area contributed by atoms with Crippen LogP contribution in [0.2, 0.25) is 0 Å². The molecule has 1 heterocycles. The van der Waals surface area contributed by atoms with Crippen LogP contribution in [-0.2, 0) is 4.79 Å². The highest BCUT2D eigenvalue weighted by molar-refractivity contribution is 5.88. The third kappa shape index (κ3) is 3.60. The summed E-state index contributed by atoms with van der Waals surface area (Å²) in [4.78, 5) is 13.3. The van der Waals surface area contributed by atoms with Crippen molar-refractivity contribution in [2.75, 3.05) is 13.1 Å². The second-order valence-electron chi connectivity index (χ2n) is 3.34. The first-order valence-corrected chi connectivity index (χ1v) is 5.07. The highest BCUT2D eigenvalue weighted by Crippen LogP contribution is 2.07. The summed E-state index contributed by atoms with van der Waals surface area (Å²) in [6.45, 7) is 5.44. The van der Waals surface area contributed by atoms with Crippen molar-refractivity contribution in [2.24, 2.45) is 0 Å². The van der Waals surface area contributed by atoms with Crippen LogP contribution in [0.4, 0.5) is 0 Å². The fourth-order valence-corrected chi connectivity index (χ4v) is 1.43. The summed E-state index contributed by atoms with van der Waals surface area (Å²) < 4.78 is 0. The molecule has 1 rings (SSSR count). The van der Waals surface area contributed by atoms with Gasteiger partial charge in [0.05, 0.1) is 0 Å². The molecule has 0 spiro atoms. The van der Waals surface area contributed by atoms with Gasteiger partial charge in [0.15, 0.2) is 0 Å². The van der Waals surface area contributed by atoms with E-state index in [2.05, 4.69) is 6.58 Å². The van der Waals surface area contributed by atoms with Crippen LogP contribution in [0.3, 0.4) is 0 Å². The van der Waals surface area contributed by atoms with Crippen molar-refractivity contribution in [3.63, 3.8) is 0 Å². The lowest BCUT2D eigenvalue weighted by molar-refractivity contribution is -0.124. The van der Waals surface area contributed by atoms with Gasteiger partial charge >= 0.3 is 0 Å². The van der Waals surface area contributed by atoms with E-state index in [0.29, 0.717) is 0 Å². The molecule has 1 aliphatic rings. The third-order valence-corrected chi connectivity index (χ3v) is 2.21. The van der Waals surface area contributed by atoms with E-state index in [0.717, 1.165) is 32.4 Å². The van der Waals surface area contributed by atoms with E-state index in [-0.39, 0.29) is 5.91 Å². The average molecular weight is 191 g/mol. The standard InChI is InChI=1S/C12H17NO/c1-2-3-4-5-6-9-12(14)13-10-7-8-11-13/h2,4-6,9H,1,3,7-8,10-11H2/b5-4+,9-6+. The van der Waals surface area contributed by atoms with Gasteiger partial charge in [-0.1, -0.05) is 24.3 Å². The second-order valence-corrected chi connectivity index (χ2v) is 3.34. The second kappa shape index (κ2) is 6.19. The fraction of sp³-hybridized carbons (Fsp3) is 0.417. The lowest BCUT2D eigenvalue weighted by Crippen LogP contribution is -2.25. The average Bonchev–Trinajstić information content (AvgIpc) is 2.70. The van der Waals surface area contributed by atoms with Crippen LogP contribution in [0.1, 0.15) is 19.3 Å². The van der Waals surface area contributed by atoms with Crippen LogP contribution in [0.25, 0.3) is 0 Å². The Morgan fingerprint density at radius 3 is 2.64 bits per heavy atom. The molecule has 0 saturated carbocycles. The van der Waals surface area contributed by atoms with Crippen LogP contribution < -0.4 is 0 Å². The van der Waals surface area contributed by atoms with E-state index < -0.39 is 0 Å². The number of hydrogen-bond acceptors (Lipinski definition) is 1.